The fourth-order valence-electron chi connectivity index (χ4n) is 1.82. The van der Waals surface area contributed by atoms with Crippen LogP contribution in [0.25, 0.3) is 0 Å². The Morgan fingerprint density at radius 3 is 2.71 bits per heavy atom. The van der Waals surface area contributed by atoms with Crippen LogP contribution in [0, 0.1) is 6.92 Å². The molecule has 0 atom stereocenters. The van der Waals surface area contributed by atoms with E-state index in [-0.39, 0.29) is 0 Å². The number of aromatic nitrogens is 2. The minimum atomic E-state index is 0.416. The fraction of sp³-hybridized carbons (Fsp3) is 0.214. The third-order valence-electron chi connectivity index (χ3n) is 2.65. The molecule has 2 aromatic rings. The van der Waals surface area contributed by atoms with Crippen molar-refractivity contribution in [3.8, 4) is 0 Å². The minimum absolute atomic E-state index is 0.416. The third-order valence-corrected chi connectivity index (χ3v) is 2.65. The molecule has 0 amide bonds. The number of carbonyl (C=O) groups excluding carboxylic acids is 1. The van der Waals surface area contributed by atoms with Gasteiger partial charge in [-0.2, -0.15) is 5.10 Å². The number of hydrogen-bond acceptors (Lipinski definition) is 2. The summed E-state index contributed by atoms with van der Waals surface area (Å²) in [6, 6.07) is 10.1. The van der Waals surface area contributed by atoms with Gasteiger partial charge in [0.2, 0.25) is 0 Å². The molecule has 87 valence electrons. The lowest BCUT2D eigenvalue weighted by Crippen LogP contribution is -2.00. The van der Waals surface area contributed by atoms with E-state index in [1.807, 2.05) is 29.1 Å². The highest BCUT2D eigenvalue weighted by atomic mass is 16.1. The van der Waals surface area contributed by atoms with Gasteiger partial charge in [-0.05, 0) is 18.9 Å². The molecule has 0 fully saturated rings. The Balaban J connectivity index is 2.19. The van der Waals surface area contributed by atoms with E-state index < -0.39 is 0 Å². The molecular formula is C14H15N2O. The number of carbonyl (C=O) groups is 1. The van der Waals surface area contributed by atoms with E-state index in [2.05, 4.69) is 24.2 Å². The lowest BCUT2D eigenvalue weighted by atomic mass is 10.1. The van der Waals surface area contributed by atoms with Crippen LogP contribution in [-0.2, 0) is 24.2 Å². The lowest BCUT2D eigenvalue weighted by Gasteiger charge is -2.00. The summed E-state index contributed by atoms with van der Waals surface area (Å²) < 4.78 is 1.87. The summed E-state index contributed by atoms with van der Waals surface area (Å²) in [5.41, 5.74) is 3.09. The quantitative estimate of drug-likeness (QED) is 0.733. The second-order valence-electron chi connectivity index (χ2n) is 3.91. The van der Waals surface area contributed by atoms with Crippen molar-refractivity contribution in [2.24, 2.45) is 0 Å². The van der Waals surface area contributed by atoms with Crippen molar-refractivity contribution in [2.75, 3.05) is 0 Å². The molecule has 0 saturated heterocycles. The summed E-state index contributed by atoms with van der Waals surface area (Å²) in [5, 5.41) is 4.44. The van der Waals surface area contributed by atoms with Crippen LogP contribution < -0.4 is 0 Å². The molecule has 1 heterocycles. The molecule has 0 N–H and O–H groups in total. The number of benzene rings is 1. The molecule has 3 nitrogen and oxygen atoms in total. The molecule has 0 bridgehead atoms. The van der Waals surface area contributed by atoms with Gasteiger partial charge in [-0.15, -0.1) is 0 Å². The first kappa shape index (κ1) is 11.6. The standard InChI is InChI=1S/C14H15N2O/c1-2-14-13(8-9-17)11-16(15-14)10-12-6-4-3-5-7-12/h3-7,9,11H,1-2,8,10H2. The van der Waals surface area contributed by atoms with E-state index in [4.69, 9.17) is 0 Å². The summed E-state index contributed by atoms with van der Waals surface area (Å²) in [6.07, 6.45) is 3.87. The van der Waals surface area contributed by atoms with Crippen molar-refractivity contribution < 1.29 is 4.79 Å². The van der Waals surface area contributed by atoms with Gasteiger partial charge < -0.3 is 4.79 Å². The van der Waals surface area contributed by atoms with Crippen LogP contribution in [0.15, 0.2) is 36.5 Å². The van der Waals surface area contributed by atoms with Crippen LogP contribution in [0.2, 0.25) is 0 Å². The Bertz CT molecular complexity index is 488. The van der Waals surface area contributed by atoms with Gasteiger partial charge in [-0.25, -0.2) is 0 Å². The van der Waals surface area contributed by atoms with Crippen LogP contribution in [-0.4, -0.2) is 16.1 Å². The number of hydrogen-bond donors (Lipinski definition) is 0. The van der Waals surface area contributed by atoms with Gasteiger partial charge >= 0.3 is 0 Å². The maximum atomic E-state index is 10.6. The van der Waals surface area contributed by atoms with Gasteiger partial charge in [0.1, 0.15) is 6.29 Å². The SMILES string of the molecule is [CH2]Cc1nn(Cc2ccccc2)cc1CC=O. The van der Waals surface area contributed by atoms with Gasteiger partial charge in [0.15, 0.2) is 0 Å². The number of aldehydes is 1. The van der Waals surface area contributed by atoms with Crippen molar-refractivity contribution in [2.45, 2.75) is 19.4 Å². The highest BCUT2D eigenvalue weighted by Crippen LogP contribution is 2.10. The van der Waals surface area contributed by atoms with Crippen molar-refractivity contribution in [3.63, 3.8) is 0 Å². The minimum Gasteiger partial charge on any atom is -0.303 e. The van der Waals surface area contributed by atoms with Crippen molar-refractivity contribution in [1.82, 2.24) is 9.78 Å². The molecule has 0 saturated carbocycles. The highest BCUT2D eigenvalue weighted by Gasteiger charge is 2.06. The van der Waals surface area contributed by atoms with Gasteiger partial charge in [0.25, 0.3) is 0 Å². The topological polar surface area (TPSA) is 34.9 Å². The van der Waals surface area contributed by atoms with Crippen LogP contribution in [0.3, 0.4) is 0 Å². The highest BCUT2D eigenvalue weighted by molar-refractivity contribution is 5.55. The van der Waals surface area contributed by atoms with Crippen LogP contribution in [0.1, 0.15) is 16.8 Å². The maximum absolute atomic E-state index is 10.6. The first-order valence-electron chi connectivity index (χ1n) is 5.65. The van der Waals surface area contributed by atoms with E-state index in [0.717, 1.165) is 24.1 Å². The van der Waals surface area contributed by atoms with Crippen LogP contribution >= 0.6 is 0 Å². The van der Waals surface area contributed by atoms with E-state index in [0.29, 0.717) is 12.8 Å². The van der Waals surface area contributed by atoms with Crippen LogP contribution in [0.4, 0.5) is 0 Å². The molecule has 3 heteroatoms. The van der Waals surface area contributed by atoms with Crippen molar-refractivity contribution >= 4 is 6.29 Å². The zero-order chi connectivity index (χ0) is 12.1. The average Bonchev–Trinajstić information content (AvgIpc) is 2.73. The normalized spacial score (nSPS) is 10.4. The average molecular weight is 227 g/mol. The summed E-state index contributed by atoms with van der Waals surface area (Å²) in [4.78, 5) is 10.6. The van der Waals surface area contributed by atoms with E-state index >= 15 is 0 Å². The first-order valence-corrected chi connectivity index (χ1v) is 5.65. The predicted octanol–water partition coefficient (Wildman–Crippen LogP) is 2.05. The van der Waals surface area contributed by atoms with Gasteiger partial charge in [-0.1, -0.05) is 30.3 Å². The molecule has 0 aliphatic heterocycles. The molecular weight excluding hydrogens is 212 g/mol. The Labute approximate surface area is 101 Å². The first-order chi connectivity index (χ1) is 8.33. The monoisotopic (exact) mass is 227 g/mol. The largest absolute Gasteiger partial charge is 0.303 e. The number of nitrogens with zero attached hydrogens (tertiary/aromatic N) is 2. The van der Waals surface area contributed by atoms with E-state index in [1.165, 1.54) is 5.56 Å². The van der Waals surface area contributed by atoms with Gasteiger partial charge in [0.05, 0.1) is 12.2 Å². The van der Waals surface area contributed by atoms with Crippen molar-refractivity contribution in [1.29, 1.82) is 0 Å². The summed E-state index contributed by atoms with van der Waals surface area (Å²) in [6.45, 7) is 4.56. The summed E-state index contributed by atoms with van der Waals surface area (Å²) in [5.74, 6) is 0. The summed E-state index contributed by atoms with van der Waals surface area (Å²) >= 11 is 0. The Morgan fingerprint density at radius 1 is 1.29 bits per heavy atom. The maximum Gasteiger partial charge on any atom is 0.124 e. The second-order valence-corrected chi connectivity index (χ2v) is 3.91. The summed E-state index contributed by atoms with van der Waals surface area (Å²) in [7, 11) is 0. The molecule has 0 unspecified atom stereocenters. The van der Waals surface area contributed by atoms with E-state index in [1.54, 1.807) is 0 Å². The Hall–Kier alpha value is -1.90. The van der Waals surface area contributed by atoms with Gasteiger partial charge in [0, 0.05) is 18.2 Å². The predicted molar refractivity (Wildman–Crippen MR) is 66.6 cm³/mol. The molecule has 17 heavy (non-hydrogen) atoms. The van der Waals surface area contributed by atoms with Gasteiger partial charge in [-0.3, -0.25) is 4.68 Å². The molecule has 1 aromatic carbocycles. The lowest BCUT2D eigenvalue weighted by molar-refractivity contribution is -0.107. The van der Waals surface area contributed by atoms with Crippen LogP contribution in [0.5, 0.6) is 0 Å². The molecule has 0 aliphatic carbocycles. The Kier molecular flexibility index (Phi) is 3.70. The van der Waals surface area contributed by atoms with Crippen molar-refractivity contribution in [3.05, 3.63) is 60.3 Å². The fourth-order valence-corrected chi connectivity index (χ4v) is 1.82. The zero-order valence-electron chi connectivity index (χ0n) is 9.67. The molecule has 0 spiro atoms. The molecule has 1 radical (unpaired) electrons. The smallest absolute Gasteiger partial charge is 0.124 e. The van der Waals surface area contributed by atoms with E-state index in [9.17, 15) is 4.79 Å². The molecule has 1 aromatic heterocycles. The Morgan fingerprint density at radius 2 is 2.06 bits per heavy atom. The third kappa shape index (κ3) is 2.81. The molecule has 0 aliphatic rings. The molecule has 2 rings (SSSR count). The second kappa shape index (κ2) is 5.43. The zero-order valence-corrected chi connectivity index (χ0v) is 9.67. The number of rotatable bonds is 5.